The van der Waals surface area contributed by atoms with Crippen LogP contribution in [-0.4, -0.2) is 17.9 Å². The Morgan fingerprint density at radius 2 is 1.73 bits per heavy atom. The molecule has 1 unspecified atom stereocenters. The molecular formula is C18H28N2O2. The van der Waals surface area contributed by atoms with E-state index in [9.17, 15) is 9.59 Å². The highest BCUT2D eigenvalue weighted by molar-refractivity contribution is 5.97. The molecule has 1 atom stereocenters. The van der Waals surface area contributed by atoms with E-state index in [0.29, 0.717) is 0 Å². The van der Waals surface area contributed by atoms with Crippen LogP contribution in [0.5, 0.6) is 0 Å². The molecule has 2 N–H and O–H groups in total. The molecule has 0 aliphatic rings. The van der Waals surface area contributed by atoms with E-state index in [1.54, 1.807) is 0 Å². The van der Waals surface area contributed by atoms with Crippen molar-refractivity contribution in [2.24, 2.45) is 5.92 Å². The van der Waals surface area contributed by atoms with Gasteiger partial charge in [0.05, 0.1) is 0 Å². The van der Waals surface area contributed by atoms with Gasteiger partial charge in [-0.15, -0.1) is 0 Å². The van der Waals surface area contributed by atoms with E-state index in [4.69, 9.17) is 0 Å². The maximum absolute atomic E-state index is 12.3. The van der Waals surface area contributed by atoms with Crippen LogP contribution < -0.4 is 10.6 Å². The molecule has 0 fully saturated rings. The molecule has 0 aliphatic heterocycles. The first-order valence-corrected chi connectivity index (χ1v) is 8.11. The third-order valence-electron chi connectivity index (χ3n) is 3.60. The molecule has 1 rings (SSSR count). The lowest BCUT2D eigenvalue weighted by atomic mass is 10.0. The van der Waals surface area contributed by atoms with Gasteiger partial charge in [0.2, 0.25) is 11.8 Å². The minimum atomic E-state index is -0.512. The van der Waals surface area contributed by atoms with Gasteiger partial charge >= 0.3 is 0 Å². The van der Waals surface area contributed by atoms with Crippen molar-refractivity contribution in [2.45, 2.75) is 59.4 Å². The summed E-state index contributed by atoms with van der Waals surface area (Å²) in [5.74, 6) is -0.332. The van der Waals surface area contributed by atoms with Crippen LogP contribution in [0.4, 0.5) is 5.69 Å². The second kappa shape index (κ2) is 9.23. The number of amides is 2. The van der Waals surface area contributed by atoms with Gasteiger partial charge < -0.3 is 10.6 Å². The van der Waals surface area contributed by atoms with E-state index in [2.05, 4.69) is 17.6 Å². The maximum atomic E-state index is 12.3. The maximum Gasteiger partial charge on any atom is 0.247 e. The Labute approximate surface area is 133 Å². The SMILES string of the molecule is CCCCCc1ccc(NC(=O)C(NC(C)=O)C(C)C)cc1. The summed E-state index contributed by atoms with van der Waals surface area (Å²) in [4.78, 5) is 23.5. The van der Waals surface area contributed by atoms with Crippen LogP contribution in [0.3, 0.4) is 0 Å². The lowest BCUT2D eigenvalue weighted by molar-refractivity contribution is -0.126. The minimum Gasteiger partial charge on any atom is -0.344 e. The van der Waals surface area contributed by atoms with Crippen molar-refractivity contribution in [1.82, 2.24) is 5.32 Å². The number of rotatable bonds is 8. The Hall–Kier alpha value is -1.84. The molecule has 1 aromatic rings. The predicted molar refractivity (Wildman–Crippen MR) is 90.7 cm³/mol. The highest BCUT2D eigenvalue weighted by Crippen LogP contribution is 2.13. The summed E-state index contributed by atoms with van der Waals surface area (Å²) >= 11 is 0. The van der Waals surface area contributed by atoms with E-state index in [1.165, 1.54) is 31.7 Å². The van der Waals surface area contributed by atoms with Crippen LogP contribution in [0, 0.1) is 5.92 Å². The molecule has 0 saturated carbocycles. The van der Waals surface area contributed by atoms with Gasteiger partial charge in [0.25, 0.3) is 0 Å². The minimum absolute atomic E-state index is 0.0391. The average molecular weight is 304 g/mol. The molecule has 0 saturated heterocycles. The number of hydrogen-bond donors (Lipinski definition) is 2. The number of nitrogens with one attached hydrogen (secondary N) is 2. The van der Waals surface area contributed by atoms with Gasteiger partial charge in [-0.3, -0.25) is 9.59 Å². The molecule has 0 heterocycles. The third kappa shape index (κ3) is 6.29. The number of unbranched alkanes of at least 4 members (excludes halogenated alkanes) is 2. The van der Waals surface area contributed by atoms with Crippen molar-refractivity contribution in [3.63, 3.8) is 0 Å². The molecule has 0 bridgehead atoms. The number of carbonyl (C=O) groups excluding carboxylic acids is 2. The molecule has 0 aliphatic carbocycles. The van der Waals surface area contributed by atoms with E-state index in [0.717, 1.165) is 12.1 Å². The topological polar surface area (TPSA) is 58.2 Å². The van der Waals surface area contributed by atoms with Crippen molar-refractivity contribution in [2.75, 3.05) is 5.32 Å². The molecule has 0 radical (unpaired) electrons. The molecule has 2 amide bonds. The van der Waals surface area contributed by atoms with Crippen LogP contribution in [0.15, 0.2) is 24.3 Å². The third-order valence-corrected chi connectivity index (χ3v) is 3.60. The number of hydrogen-bond acceptors (Lipinski definition) is 2. The first-order valence-electron chi connectivity index (χ1n) is 8.11. The van der Waals surface area contributed by atoms with Crippen molar-refractivity contribution >= 4 is 17.5 Å². The largest absolute Gasteiger partial charge is 0.344 e. The number of aryl methyl sites for hydroxylation is 1. The van der Waals surface area contributed by atoms with Gasteiger partial charge in [0.1, 0.15) is 6.04 Å². The molecule has 4 nitrogen and oxygen atoms in total. The zero-order chi connectivity index (χ0) is 16.5. The van der Waals surface area contributed by atoms with Crippen molar-refractivity contribution < 1.29 is 9.59 Å². The monoisotopic (exact) mass is 304 g/mol. The first kappa shape index (κ1) is 18.2. The van der Waals surface area contributed by atoms with Crippen LogP contribution in [0.25, 0.3) is 0 Å². The Bertz CT molecular complexity index is 480. The molecular weight excluding hydrogens is 276 g/mol. The summed E-state index contributed by atoms with van der Waals surface area (Å²) in [6.45, 7) is 7.45. The van der Waals surface area contributed by atoms with E-state index in [-0.39, 0.29) is 17.7 Å². The Balaban J connectivity index is 2.61. The average Bonchev–Trinajstić information content (AvgIpc) is 2.46. The van der Waals surface area contributed by atoms with Gasteiger partial charge in [-0.05, 0) is 36.5 Å². The van der Waals surface area contributed by atoms with Gasteiger partial charge in [-0.25, -0.2) is 0 Å². The molecule has 122 valence electrons. The summed E-state index contributed by atoms with van der Waals surface area (Å²) in [6, 6.07) is 7.43. The fraction of sp³-hybridized carbons (Fsp3) is 0.556. The first-order chi connectivity index (χ1) is 10.4. The number of anilines is 1. The van der Waals surface area contributed by atoms with Crippen LogP contribution in [-0.2, 0) is 16.0 Å². The van der Waals surface area contributed by atoms with E-state index >= 15 is 0 Å². The van der Waals surface area contributed by atoms with Gasteiger partial charge in [0, 0.05) is 12.6 Å². The van der Waals surface area contributed by atoms with Crippen LogP contribution >= 0.6 is 0 Å². The fourth-order valence-corrected chi connectivity index (χ4v) is 2.31. The highest BCUT2D eigenvalue weighted by atomic mass is 16.2. The standard InChI is InChI=1S/C18H28N2O2/c1-5-6-7-8-15-9-11-16(12-10-15)20-18(22)17(13(2)3)19-14(4)21/h9-13,17H,5-8H2,1-4H3,(H,19,21)(H,20,22). The fourth-order valence-electron chi connectivity index (χ4n) is 2.31. The highest BCUT2D eigenvalue weighted by Gasteiger charge is 2.22. The van der Waals surface area contributed by atoms with Gasteiger partial charge in [0.15, 0.2) is 0 Å². The van der Waals surface area contributed by atoms with E-state index in [1.807, 2.05) is 38.1 Å². The van der Waals surface area contributed by atoms with Crippen LogP contribution in [0.1, 0.15) is 52.5 Å². The Morgan fingerprint density at radius 3 is 2.23 bits per heavy atom. The summed E-state index contributed by atoms with van der Waals surface area (Å²) in [6.07, 6.45) is 4.72. The molecule has 4 heteroatoms. The molecule has 0 aromatic heterocycles. The smallest absolute Gasteiger partial charge is 0.247 e. The van der Waals surface area contributed by atoms with Crippen molar-refractivity contribution in [3.05, 3.63) is 29.8 Å². The zero-order valence-electron chi connectivity index (χ0n) is 14.1. The van der Waals surface area contributed by atoms with E-state index < -0.39 is 6.04 Å². The summed E-state index contributed by atoms with van der Waals surface area (Å²) < 4.78 is 0. The van der Waals surface area contributed by atoms with Gasteiger partial charge in [-0.1, -0.05) is 45.7 Å². The predicted octanol–water partition coefficient (Wildman–Crippen LogP) is 3.52. The van der Waals surface area contributed by atoms with Crippen LogP contribution in [0.2, 0.25) is 0 Å². The van der Waals surface area contributed by atoms with Crippen molar-refractivity contribution in [1.29, 1.82) is 0 Å². The van der Waals surface area contributed by atoms with Gasteiger partial charge in [-0.2, -0.15) is 0 Å². The summed E-state index contributed by atoms with van der Waals surface area (Å²) in [7, 11) is 0. The normalized spacial score (nSPS) is 12.0. The number of benzene rings is 1. The molecule has 0 spiro atoms. The molecule has 1 aromatic carbocycles. The second-order valence-corrected chi connectivity index (χ2v) is 6.07. The number of carbonyl (C=O) groups is 2. The summed E-state index contributed by atoms with van der Waals surface area (Å²) in [5, 5.41) is 5.56. The second-order valence-electron chi connectivity index (χ2n) is 6.07. The lowest BCUT2D eigenvalue weighted by Gasteiger charge is -2.21. The zero-order valence-corrected chi connectivity index (χ0v) is 14.1. The lowest BCUT2D eigenvalue weighted by Crippen LogP contribution is -2.46. The molecule has 22 heavy (non-hydrogen) atoms. The summed E-state index contributed by atoms with van der Waals surface area (Å²) in [5.41, 5.74) is 2.05. The Morgan fingerprint density at radius 1 is 1.09 bits per heavy atom. The Kier molecular flexibility index (Phi) is 7.64. The quantitative estimate of drug-likeness (QED) is 0.722. The van der Waals surface area contributed by atoms with Crippen molar-refractivity contribution in [3.8, 4) is 0 Å².